The summed E-state index contributed by atoms with van der Waals surface area (Å²) in [6, 6.07) is 0.695. The van der Waals surface area contributed by atoms with E-state index in [1.165, 1.54) is 0 Å². The molecule has 3 N–H and O–H groups in total. The van der Waals surface area contributed by atoms with Crippen molar-refractivity contribution >= 4 is 5.91 Å². The molecule has 0 aliphatic heterocycles. The van der Waals surface area contributed by atoms with Crippen molar-refractivity contribution in [3.8, 4) is 0 Å². The third kappa shape index (κ3) is 4.52. The van der Waals surface area contributed by atoms with Crippen molar-refractivity contribution in [3.05, 3.63) is 0 Å². The topological polar surface area (TPSA) is 55.1 Å². The van der Waals surface area contributed by atoms with Crippen molar-refractivity contribution in [1.82, 2.24) is 5.32 Å². The molecule has 2 unspecified atom stereocenters. The van der Waals surface area contributed by atoms with E-state index in [-0.39, 0.29) is 17.9 Å². The van der Waals surface area contributed by atoms with Gasteiger partial charge in [-0.3, -0.25) is 4.79 Å². The fourth-order valence-electron chi connectivity index (χ4n) is 2.24. The number of hydrogen-bond acceptors (Lipinski definition) is 2. The molecule has 3 nitrogen and oxygen atoms in total. The first-order valence-electron chi connectivity index (χ1n) is 6.55. The van der Waals surface area contributed by atoms with Gasteiger partial charge in [-0.05, 0) is 38.5 Å². The summed E-state index contributed by atoms with van der Waals surface area (Å²) in [5, 5.41) is 3.11. The van der Waals surface area contributed by atoms with Crippen LogP contribution in [-0.4, -0.2) is 18.0 Å². The summed E-state index contributed by atoms with van der Waals surface area (Å²) < 4.78 is 0. The van der Waals surface area contributed by atoms with Crippen molar-refractivity contribution < 1.29 is 4.79 Å². The Kier molecular flexibility index (Phi) is 5.26. The number of rotatable bonds is 6. The largest absolute Gasteiger partial charge is 0.353 e. The molecule has 0 aromatic heterocycles. The molecule has 16 heavy (non-hydrogen) atoms. The average molecular weight is 226 g/mol. The van der Waals surface area contributed by atoms with Crippen LogP contribution in [0.5, 0.6) is 0 Å². The zero-order valence-corrected chi connectivity index (χ0v) is 10.8. The predicted octanol–water partition coefficient (Wildman–Crippen LogP) is 2.05. The molecule has 0 aromatic rings. The molecule has 1 saturated carbocycles. The SMILES string of the molecule is CC(N)CCCC(C)C(=O)NC1CC(C)C1. The van der Waals surface area contributed by atoms with Gasteiger partial charge in [-0.1, -0.05) is 20.3 Å². The highest BCUT2D eigenvalue weighted by Gasteiger charge is 2.27. The van der Waals surface area contributed by atoms with Gasteiger partial charge < -0.3 is 11.1 Å². The first-order valence-corrected chi connectivity index (χ1v) is 6.55. The Labute approximate surface area is 99.2 Å². The van der Waals surface area contributed by atoms with Gasteiger partial charge in [0.2, 0.25) is 5.91 Å². The molecule has 3 heteroatoms. The lowest BCUT2D eigenvalue weighted by Crippen LogP contribution is -2.45. The number of carbonyl (C=O) groups excluding carboxylic acids is 1. The van der Waals surface area contributed by atoms with Gasteiger partial charge in [0, 0.05) is 18.0 Å². The van der Waals surface area contributed by atoms with Crippen molar-refractivity contribution in [2.24, 2.45) is 17.6 Å². The molecule has 0 spiro atoms. The van der Waals surface area contributed by atoms with E-state index in [0.29, 0.717) is 6.04 Å². The second kappa shape index (κ2) is 6.24. The van der Waals surface area contributed by atoms with E-state index in [2.05, 4.69) is 12.2 Å². The minimum Gasteiger partial charge on any atom is -0.353 e. The van der Waals surface area contributed by atoms with Crippen LogP contribution >= 0.6 is 0 Å². The van der Waals surface area contributed by atoms with Crippen LogP contribution in [0, 0.1) is 11.8 Å². The summed E-state index contributed by atoms with van der Waals surface area (Å²) in [6.45, 7) is 6.26. The molecule has 0 heterocycles. The van der Waals surface area contributed by atoms with Gasteiger partial charge in [0.15, 0.2) is 0 Å². The van der Waals surface area contributed by atoms with E-state index in [1.54, 1.807) is 0 Å². The van der Waals surface area contributed by atoms with Crippen molar-refractivity contribution in [3.63, 3.8) is 0 Å². The van der Waals surface area contributed by atoms with E-state index in [4.69, 9.17) is 5.73 Å². The van der Waals surface area contributed by atoms with Crippen LogP contribution < -0.4 is 11.1 Å². The fraction of sp³-hybridized carbons (Fsp3) is 0.923. The van der Waals surface area contributed by atoms with Gasteiger partial charge in [0.25, 0.3) is 0 Å². The van der Waals surface area contributed by atoms with Gasteiger partial charge >= 0.3 is 0 Å². The Bertz CT molecular complexity index is 222. The van der Waals surface area contributed by atoms with E-state index in [1.807, 2.05) is 13.8 Å². The third-order valence-corrected chi connectivity index (χ3v) is 3.46. The van der Waals surface area contributed by atoms with Gasteiger partial charge in [-0.2, -0.15) is 0 Å². The van der Waals surface area contributed by atoms with E-state index >= 15 is 0 Å². The zero-order chi connectivity index (χ0) is 12.1. The Morgan fingerprint density at radius 1 is 1.38 bits per heavy atom. The van der Waals surface area contributed by atoms with E-state index in [9.17, 15) is 4.79 Å². The van der Waals surface area contributed by atoms with E-state index in [0.717, 1.165) is 38.0 Å². The highest BCUT2D eigenvalue weighted by atomic mass is 16.1. The Morgan fingerprint density at radius 2 is 2.00 bits per heavy atom. The molecule has 0 bridgehead atoms. The molecule has 1 fully saturated rings. The van der Waals surface area contributed by atoms with Crippen molar-refractivity contribution in [1.29, 1.82) is 0 Å². The lowest BCUT2D eigenvalue weighted by Gasteiger charge is -2.34. The van der Waals surface area contributed by atoms with Crippen LogP contribution in [0.15, 0.2) is 0 Å². The predicted molar refractivity (Wildman–Crippen MR) is 67.0 cm³/mol. The zero-order valence-electron chi connectivity index (χ0n) is 10.8. The van der Waals surface area contributed by atoms with Crippen molar-refractivity contribution in [2.45, 2.75) is 65.0 Å². The number of hydrogen-bond donors (Lipinski definition) is 2. The highest BCUT2D eigenvalue weighted by molar-refractivity contribution is 5.78. The first-order chi connectivity index (χ1) is 7.49. The third-order valence-electron chi connectivity index (χ3n) is 3.46. The first kappa shape index (κ1) is 13.5. The number of nitrogens with one attached hydrogen (secondary N) is 1. The number of carbonyl (C=O) groups is 1. The lowest BCUT2D eigenvalue weighted by molar-refractivity contribution is -0.126. The maximum Gasteiger partial charge on any atom is 0.223 e. The molecule has 1 aliphatic rings. The Hall–Kier alpha value is -0.570. The molecule has 94 valence electrons. The van der Waals surface area contributed by atoms with Gasteiger partial charge in [0.1, 0.15) is 0 Å². The summed E-state index contributed by atoms with van der Waals surface area (Å²) >= 11 is 0. The fourth-order valence-corrected chi connectivity index (χ4v) is 2.24. The summed E-state index contributed by atoms with van der Waals surface area (Å²) in [5.41, 5.74) is 5.68. The second-order valence-electron chi connectivity index (χ2n) is 5.59. The monoisotopic (exact) mass is 226 g/mol. The molecule has 0 radical (unpaired) electrons. The average Bonchev–Trinajstić information content (AvgIpc) is 2.14. The van der Waals surface area contributed by atoms with Gasteiger partial charge in [0.05, 0.1) is 0 Å². The smallest absolute Gasteiger partial charge is 0.223 e. The normalized spacial score (nSPS) is 28.0. The molecule has 2 atom stereocenters. The van der Waals surface area contributed by atoms with Crippen LogP contribution in [0.3, 0.4) is 0 Å². The number of amides is 1. The molecule has 1 amide bonds. The molecule has 0 saturated heterocycles. The van der Waals surface area contributed by atoms with Crippen LogP contribution in [0.1, 0.15) is 52.9 Å². The summed E-state index contributed by atoms with van der Waals surface area (Å²) in [5.74, 6) is 1.15. The Morgan fingerprint density at radius 3 is 2.50 bits per heavy atom. The summed E-state index contributed by atoms with van der Waals surface area (Å²) in [6.07, 6.45) is 5.32. The lowest BCUT2D eigenvalue weighted by atomic mass is 9.81. The summed E-state index contributed by atoms with van der Waals surface area (Å²) in [7, 11) is 0. The van der Waals surface area contributed by atoms with Crippen molar-refractivity contribution in [2.75, 3.05) is 0 Å². The molecule has 1 rings (SSSR count). The second-order valence-corrected chi connectivity index (χ2v) is 5.59. The quantitative estimate of drug-likeness (QED) is 0.728. The molecular formula is C13H26N2O. The van der Waals surface area contributed by atoms with Crippen LogP contribution in [0.25, 0.3) is 0 Å². The van der Waals surface area contributed by atoms with Crippen LogP contribution in [0.4, 0.5) is 0 Å². The van der Waals surface area contributed by atoms with E-state index < -0.39 is 0 Å². The molecular weight excluding hydrogens is 200 g/mol. The minimum absolute atomic E-state index is 0.134. The number of nitrogens with two attached hydrogens (primary N) is 1. The van der Waals surface area contributed by atoms with Crippen LogP contribution in [-0.2, 0) is 4.79 Å². The Balaban J connectivity index is 2.10. The standard InChI is InChI=1S/C13H26N2O/c1-9-7-12(8-9)15-13(16)10(2)5-4-6-11(3)14/h9-12H,4-8,14H2,1-3H3,(H,15,16). The van der Waals surface area contributed by atoms with Gasteiger partial charge in [-0.25, -0.2) is 0 Å². The summed E-state index contributed by atoms with van der Waals surface area (Å²) in [4.78, 5) is 11.8. The maximum atomic E-state index is 11.8. The van der Waals surface area contributed by atoms with Gasteiger partial charge in [-0.15, -0.1) is 0 Å². The highest BCUT2D eigenvalue weighted by Crippen LogP contribution is 2.26. The maximum absolute atomic E-state index is 11.8. The molecule has 1 aliphatic carbocycles. The minimum atomic E-state index is 0.134. The van der Waals surface area contributed by atoms with Crippen LogP contribution in [0.2, 0.25) is 0 Å². The molecule has 0 aromatic carbocycles.